The van der Waals surface area contributed by atoms with Crippen LogP contribution in [0.3, 0.4) is 0 Å². The van der Waals surface area contributed by atoms with Gasteiger partial charge < -0.3 is 5.32 Å². The summed E-state index contributed by atoms with van der Waals surface area (Å²) in [6.07, 6.45) is 3.66. The van der Waals surface area contributed by atoms with Crippen LogP contribution in [-0.4, -0.2) is 11.5 Å². The maximum Gasteiger partial charge on any atom is 0.292 e. The third kappa shape index (κ3) is 2.85. The van der Waals surface area contributed by atoms with E-state index >= 15 is 0 Å². The Balaban J connectivity index is 2.03. The van der Waals surface area contributed by atoms with Gasteiger partial charge in [-0.15, -0.1) is 0 Å². The van der Waals surface area contributed by atoms with Gasteiger partial charge in [0, 0.05) is 17.6 Å². The number of rotatable bonds is 5. The van der Waals surface area contributed by atoms with Crippen LogP contribution in [-0.2, 0) is 0 Å². The minimum atomic E-state index is -0.393. The standard InChI is InChI=1S/C11H13ClN2O2/c12-9-3-4-11(14(15)16)10(7-9)13-6-5-8-1-2-8/h3-4,7-8,13H,1-2,5-6H2. The molecule has 1 aliphatic rings. The summed E-state index contributed by atoms with van der Waals surface area (Å²) in [5.74, 6) is 0.811. The van der Waals surface area contributed by atoms with Crippen molar-refractivity contribution in [2.45, 2.75) is 19.3 Å². The molecule has 1 aromatic carbocycles. The molecule has 0 atom stereocenters. The third-order valence-electron chi connectivity index (χ3n) is 2.72. The molecule has 86 valence electrons. The minimum absolute atomic E-state index is 0.0835. The third-order valence-corrected chi connectivity index (χ3v) is 2.96. The van der Waals surface area contributed by atoms with E-state index in [-0.39, 0.29) is 5.69 Å². The van der Waals surface area contributed by atoms with E-state index in [1.165, 1.54) is 25.0 Å². The van der Waals surface area contributed by atoms with Gasteiger partial charge in [0.1, 0.15) is 5.69 Å². The molecular weight excluding hydrogens is 228 g/mol. The molecule has 0 bridgehead atoms. The number of benzene rings is 1. The van der Waals surface area contributed by atoms with Gasteiger partial charge >= 0.3 is 0 Å². The van der Waals surface area contributed by atoms with Crippen LogP contribution < -0.4 is 5.32 Å². The normalized spacial score (nSPS) is 14.8. The van der Waals surface area contributed by atoms with Gasteiger partial charge in [-0.2, -0.15) is 0 Å². The van der Waals surface area contributed by atoms with Crippen LogP contribution in [0.5, 0.6) is 0 Å². The summed E-state index contributed by atoms with van der Waals surface area (Å²) in [7, 11) is 0. The molecule has 0 unspecified atom stereocenters. The van der Waals surface area contributed by atoms with E-state index in [0.717, 1.165) is 18.9 Å². The number of nitro groups is 1. The maximum atomic E-state index is 10.8. The lowest BCUT2D eigenvalue weighted by Gasteiger charge is -2.06. The molecule has 1 fully saturated rings. The van der Waals surface area contributed by atoms with E-state index in [4.69, 9.17) is 11.6 Å². The predicted molar refractivity (Wildman–Crippen MR) is 63.9 cm³/mol. The van der Waals surface area contributed by atoms with E-state index in [0.29, 0.717) is 10.7 Å². The smallest absolute Gasteiger partial charge is 0.292 e. The highest BCUT2D eigenvalue weighted by Gasteiger charge is 2.21. The van der Waals surface area contributed by atoms with Gasteiger partial charge in [0.15, 0.2) is 0 Å². The summed E-state index contributed by atoms with van der Waals surface area (Å²) < 4.78 is 0. The summed E-state index contributed by atoms with van der Waals surface area (Å²) in [4.78, 5) is 10.4. The van der Waals surface area contributed by atoms with Crippen LogP contribution in [0.15, 0.2) is 18.2 Å². The molecule has 4 nitrogen and oxygen atoms in total. The second-order valence-corrected chi connectivity index (χ2v) is 4.51. The zero-order valence-electron chi connectivity index (χ0n) is 8.78. The van der Waals surface area contributed by atoms with Crippen molar-refractivity contribution in [2.24, 2.45) is 5.92 Å². The first kappa shape index (κ1) is 11.2. The maximum absolute atomic E-state index is 10.8. The summed E-state index contributed by atoms with van der Waals surface area (Å²) >= 11 is 5.81. The Morgan fingerprint density at radius 1 is 1.50 bits per heavy atom. The molecule has 16 heavy (non-hydrogen) atoms. The average molecular weight is 241 g/mol. The van der Waals surface area contributed by atoms with Crippen LogP contribution in [0.2, 0.25) is 5.02 Å². The monoisotopic (exact) mass is 240 g/mol. The molecule has 1 saturated carbocycles. The quantitative estimate of drug-likeness (QED) is 0.633. The highest BCUT2D eigenvalue weighted by Crippen LogP contribution is 2.33. The number of nitrogens with zero attached hydrogens (tertiary/aromatic N) is 1. The molecule has 0 radical (unpaired) electrons. The van der Waals surface area contributed by atoms with Gasteiger partial charge in [-0.05, 0) is 24.5 Å². The van der Waals surface area contributed by atoms with E-state index < -0.39 is 4.92 Å². The van der Waals surface area contributed by atoms with Crippen molar-refractivity contribution in [1.82, 2.24) is 0 Å². The molecule has 0 saturated heterocycles. The zero-order valence-corrected chi connectivity index (χ0v) is 9.54. The predicted octanol–water partition coefficient (Wildman–Crippen LogP) is 3.46. The Labute approximate surface area is 98.8 Å². The average Bonchev–Trinajstić information content (AvgIpc) is 3.01. The van der Waals surface area contributed by atoms with Gasteiger partial charge in [0.05, 0.1) is 4.92 Å². The molecule has 0 heterocycles. The lowest BCUT2D eigenvalue weighted by Crippen LogP contribution is -2.04. The second-order valence-electron chi connectivity index (χ2n) is 4.08. The molecule has 0 amide bonds. The molecule has 2 rings (SSSR count). The SMILES string of the molecule is O=[N+]([O-])c1ccc(Cl)cc1NCCC1CC1. The summed E-state index contributed by atoms with van der Waals surface area (Å²) in [6, 6.07) is 4.57. The van der Waals surface area contributed by atoms with Gasteiger partial charge in [-0.1, -0.05) is 24.4 Å². The van der Waals surface area contributed by atoms with E-state index in [2.05, 4.69) is 5.32 Å². The Kier molecular flexibility index (Phi) is 3.29. The summed E-state index contributed by atoms with van der Waals surface area (Å²) in [6.45, 7) is 0.770. The van der Waals surface area contributed by atoms with Crippen LogP contribution in [0.25, 0.3) is 0 Å². The Bertz CT molecular complexity index is 405. The van der Waals surface area contributed by atoms with Crippen molar-refractivity contribution in [3.63, 3.8) is 0 Å². The first-order valence-corrected chi connectivity index (χ1v) is 5.72. The number of anilines is 1. The van der Waals surface area contributed by atoms with Crippen LogP contribution in [0.1, 0.15) is 19.3 Å². The van der Waals surface area contributed by atoms with Crippen molar-refractivity contribution in [1.29, 1.82) is 0 Å². The van der Waals surface area contributed by atoms with Gasteiger partial charge in [0.2, 0.25) is 0 Å². The highest BCUT2D eigenvalue weighted by atomic mass is 35.5. The minimum Gasteiger partial charge on any atom is -0.379 e. The van der Waals surface area contributed by atoms with Gasteiger partial charge in [-0.3, -0.25) is 10.1 Å². The first-order valence-electron chi connectivity index (χ1n) is 5.34. The first-order chi connectivity index (χ1) is 7.66. The molecule has 1 aliphatic carbocycles. The number of hydrogen-bond acceptors (Lipinski definition) is 3. The fourth-order valence-corrected chi connectivity index (χ4v) is 1.80. The molecule has 5 heteroatoms. The lowest BCUT2D eigenvalue weighted by molar-refractivity contribution is -0.384. The lowest BCUT2D eigenvalue weighted by atomic mass is 10.2. The van der Waals surface area contributed by atoms with Crippen molar-refractivity contribution >= 4 is 23.0 Å². The molecular formula is C11H13ClN2O2. The number of halogens is 1. The summed E-state index contributed by atoms with van der Waals surface area (Å²) in [5, 5.41) is 14.4. The molecule has 1 N–H and O–H groups in total. The largest absolute Gasteiger partial charge is 0.379 e. The van der Waals surface area contributed by atoms with Gasteiger partial charge in [-0.25, -0.2) is 0 Å². The number of nitrogens with one attached hydrogen (secondary N) is 1. The number of hydrogen-bond donors (Lipinski definition) is 1. The Morgan fingerprint density at radius 2 is 2.25 bits per heavy atom. The zero-order chi connectivity index (χ0) is 11.5. The van der Waals surface area contributed by atoms with Gasteiger partial charge in [0.25, 0.3) is 5.69 Å². The fraction of sp³-hybridized carbons (Fsp3) is 0.455. The molecule has 0 aromatic heterocycles. The topological polar surface area (TPSA) is 55.2 Å². The van der Waals surface area contributed by atoms with Crippen molar-refractivity contribution in [3.8, 4) is 0 Å². The van der Waals surface area contributed by atoms with E-state index in [1.54, 1.807) is 6.07 Å². The Hall–Kier alpha value is -1.29. The van der Waals surface area contributed by atoms with E-state index in [9.17, 15) is 10.1 Å². The Morgan fingerprint density at radius 3 is 2.88 bits per heavy atom. The van der Waals surface area contributed by atoms with Crippen LogP contribution in [0.4, 0.5) is 11.4 Å². The second kappa shape index (κ2) is 4.70. The van der Waals surface area contributed by atoms with Crippen molar-refractivity contribution < 1.29 is 4.92 Å². The highest BCUT2D eigenvalue weighted by molar-refractivity contribution is 6.31. The molecule has 0 spiro atoms. The molecule has 1 aromatic rings. The van der Waals surface area contributed by atoms with Crippen molar-refractivity contribution in [3.05, 3.63) is 33.3 Å². The van der Waals surface area contributed by atoms with E-state index in [1.807, 2.05) is 0 Å². The summed E-state index contributed by atoms with van der Waals surface area (Å²) in [5.41, 5.74) is 0.596. The fourth-order valence-electron chi connectivity index (χ4n) is 1.63. The number of nitro benzene ring substituents is 1. The van der Waals surface area contributed by atoms with Crippen molar-refractivity contribution in [2.75, 3.05) is 11.9 Å². The van der Waals surface area contributed by atoms with Crippen LogP contribution in [0, 0.1) is 16.0 Å². The van der Waals surface area contributed by atoms with Crippen LogP contribution >= 0.6 is 11.6 Å². The molecule has 0 aliphatic heterocycles.